The fourth-order valence-electron chi connectivity index (χ4n) is 3.07. The Balaban J connectivity index is 2.46. The number of anilines is 1. The molecule has 0 unspecified atom stereocenters. The lowest BCUT2D eigenvalue weighted by Gasteiger charge is -2.14. The molecule has 0 saturated carbocycles. The molecule has 0 fully saturated rings. The number of aromatic hydroxyl groups is 1. The third kappa shape index (κ3) is 5.11. The fourth-order valence-corrected chi connectivity index (χ4v) is 5.02. The van der Waals surface area contributed by atoms with E-state index in [2.05, 4.69) is 20.5 Å². The number of nitrogen functional groups attached to an aromatic ring is 1. The number of hydrogen-bond acceptors (Lipinski definition) is 12. The summed E-state index contributed by atoms with van der Waals surface area (Å²) in [6.45, 7) is 0. The summed E-state index contributed by atoms with van der Waals surface area (Å²) in [6, 6.07) is 6.12. The minimum absolute atomic E-state index is 0.368. The molecular weight excluding hydrogens is 530 g/mol. The van der Waals surface area contributed by atoms with Gasteiger partial charge in [-0.05, 0) is 29.7 Å². The summed E-state index contributed by atoms with van der Waals surface area (Å²) in [5, 5.41) is 23.9. The number of phenolic OH excluding ortho intramolecular Hbond substituents is 1. The van der Waals surface area contributed by atoms with Gasteiger partial charge in [-0.1, -0.05) is 12.1 Å². The van der Waals surface area contributed by atoms with Crippen LogP contribution in [0.4, 0.5) is 22.7 Å². The molecule has 0 amide bonds. The van der Waals surface area contributed by atoms with Gasteiger partial charge in [-0.15, -0.1) is 10.2 Å². The first kappa shape index (κ1) is 26.1. The molecule has 18 heteroatoms. The van der Waals surface area contributed by atoms with Gasteiger partial charge in [0.2, 0.25) is 0 Å². The second-order valence-electron chi connectivity index (χ2n) is 6.70. The second kappa shape index (κ2) is 8.91. The minimum Gasteiger partial charge on any atom is -0.505 e. The third-order valence-corrected chi connectivity index (χ3v) is 7.11. The molecule has 15 nitrogen and oxygen atoms in total. The number of benzene rings is 3. The molecule has 0 aliphatic carbocycles. The number of hydrogen-bond donors (Lipinski definition) is 5. The summed E-state index contributed by atoms with van der Waals surface area (Å²) in [7, 11) is -13.7. The predicted octanol–water partition coefficient (Wildman–Crippen LogP) is 3.00. The van der Waals surface area contributed by atoms with Gasteiger partial charge in [-0.3, -0.25) is 13.7 Å². The van der Waals surface area contributed by atoms with Gasteiger partial charge in [0.25, 0.3) is 30.4 Å². The van der Waals surface area contributed by atoms with E-state index in [1.807, 2.05) is 0 Å². The molecule has 0 aromatic heterocycles. The van der Waals surface area contributed by atoms with E-state index >= 15 is 0 Å². The van der Waals surface area contributed by atoms with Crippen molar-refractivity contribution in [1.29, 1.82) is 0 Å². The van der Waals surface area contributed by atoms with Crippen LogP contribution in [0.15, 0.2) is 71.5 Å². The van der Waals surface area contributed by atoms with Crippen LogP contribution in [0.5, 0.6) is 5.75 Å². The Bertz CT molecular complexity index is 1750. The van der Waals surface area contributed by atoms with E-state index in [4.69, 9.17) is 5.73 Å². The summed E-state index contributed by atoms with van der Waals surface area (Å²) < 4.78 is 99.2. The monoisotopic (exact) mass is 545 g/mol. The molecule has 0 aliphatic rings. The van der Waals surface area contributed by atoms with Gasteiger partial charge in [-0.25, -0.2) is 0 Å². The highest BCUT2D eigenvalue weighted by molar-refractivity contribution is 7.86. The average molecular weight is 546 g/mol. The zero-order valence-electron chi connectivity index (χ0n) is 17.3. The Morgan fingerprint density at radius 3 is 1.77 bits per heavy atom. The van der Waals surface area contributed by atoms with Crippen LogP contribution in [-0.4, -0.2) is 51.1 Å². The zero-order valence-corrected chi connectivity index (χ0v) is 19.7. The van der Waals surface area contributed by atoms with Crippen LogP contribution in [0.3, 0.4) is 0 Å². The Hall–Kier alpha value is -3.55. The zero-order chi connectivity index (χ0) is 26.3. The van der Waals surface area contributed by atoms with Crippen LogP contribution >= 0.6 is 0 Å². The van der Waals surface area contributed by atoms with Crippen molar-refractivity contribution in [3.05, 3.63) is 36.4 Å². The number of rotatable bonds is 6. The lowest BCUT2D eigenvalue weighted by molar-refractivity contribution is 0.472. The molecule has 6 N–H and O–H groups in total. The molecule has 0 aliphatic heterocycles. The summed E-state index contributed by atoms with van der Waals surface area (Å²) in [6.07, 6.45) is 0. The maximum atomic E-state index is 12.0. The minimum atomic E-state index is -5.11. The number of nitrogens with zero attached hydrogens (tertiary/aromatic N) is 4. The molecule has 0 radical (unpaired) electrons. The van der Waals surface area contributed by atoms with Crippen LogP contribution in [0.25, 0.3) is 10.8 Å². The first-order valence-electron chi connectivity index (χ1n) is 8.92. The molecule has 35 heavy (non-hydrogen) atoms. The van der Waals surface area contributed by atoms with Crippen molar-refractivity contribution in [3.63, 3.8) is 0 Å². The average Bonchev–Trinajstić information content (AvgIpc) is 2.72. The van der Waals surface area contributed by atoms with Crippen LogP contribution in [0.2, 0.25) is 0 Å². The van der Waals surface area contributed by atoms with E-state index in [-0.39, 0.29) is 5.39 Å². The van der Waals surface area contributed by atoms with Crippen molar-refractivity contribution in [3.8, 4) is 5.75 Å². The Labute approximate surface area is 197 Å². The van der Waals surface area contributed by atoms with E-state index in [1.165, 1.54) is 12.1 Å². The van der Waals surface area contributed by atoms with Crippen LogP contribution in [0, 0.1) is 0 Å². The molecule has 3 aromatic rings. The summed E-state index contributed by atoms with van der Waals surface area (Å²) in [5.41, 5.74) is 3.42. The van der Waals surface area contributed by atoms with Crippen LogP contribution in [-0.2, 0) is 30.4 Å². The molecule has 0 spiro atoms. The first-order valence-corrected chi connectivity index (χ1v) is 13.2. The maximum Gasteiger partial charge on any atom is 0.296 e. The van der Waals surface area contributed by atoms with Gasteiger partial charge in [0.05, 0.1) is 11.1 Å². The molecule has 0 atom stereocenters. The standard InChI is InChI=1S/C17H15N5O10S3/c1-19-21-16-12(35(30,31)32)7-8-6-11(34(27,28)29)15(14(18)13(8)17(16)23)22-20-9-4-2-3-5-10(9)33(24,25)26/h2-7,23H,18H2,1H3,(H,24,25,26)(H,27,28,29)(H,30,31,32). The van der Waals surface area contributed by atoms with Crippen molar-refractivity contribution in [2.75, 3.05) is 12.8 Å². The smallest absolute Gasteiger partial charge is 0.296 e. The van der Waals surface area contributed by atoms with Gasteiger partial charge in [0.15, 0.2) is 5.75 Å². The van der Waals surface area contributed by atoms with Gasteiger partial charge in [0, 0.05) is 7.05 Å². The normalized spacial score (nSPS) is 13.3. The largest absolute Gasteiger partial charge is 0.505 e. The van der Waals surface area contributed by atoms with Crippen molar-refractivity contribution in [2.24, 2.45) is 20.5 Å². The fraction of sp³-hybridized carbons (Fsp3) is 0.0588. The molecule has 3 rings (SSSR count). The van der Waals surface area contributed by atoms with Crippen LogP contribution in [0.1, 0.15) is 0 Å². The van der Waals surface area contributed by atoms with Gasteiger partial charge < -0.3 is 10.8 Å². The lowest BCUT2D eigenvalue weighted by atomic mass is 10.1. The first-order chi connectivity index (χ1) is 16.1. The molecule has 0 saturated heterocycles. The van der Waals surface area contributed by atoms with Gasteiger partial charge >= 0.3 is 0 Å². The third-order valence-electron chi connectivity index (χ3n) is 4.47. The lowest BCUT2D eigenvalue weighted by Crippen LogP contribution is -2.04. The van der Waals surface area contributed by atoms with Crippen molar-refractivity contribution < 1.29 is 44.0 Å². The van der Waals surface area contributed by atoms with Gasteiger partial charge in [0.1, 0.15) is 31.7 Å². The summed E-state index contributed by atoms with van der Waals surface area (Å²) in [4.78, 5) is -2.62. The molecule has 186 valence electrons. The summed E-state index contributed by atoms with van der Waals surface area (Å²) >= 11 is 0. The van der Waals surface area contributed by atoms with E-state index in [1.54, 1.807) is 0 Å². The molecule has 0 bridgehead atoms. The van der Waals surface area contributed by atoms with Gasteiger partial charge in [-0.2, -0.15) is 35.5 Å². The van der Waals surface area contributed by atoms with Crippen molar-refractivity contribution in [1.82, 2.24) is 0 Å². The Kier molecular flexibility index (Phi) is 6.63. The quantitative estimate of drug-likeness (QED) is 0.171. The number of phenols is 1. The topological polar surface area (TPSA) is 259 Å². The van der Waals surface area contributed by atoms with Crippen LogP contribution < -0.4 is 5.73 Å². The Morgan fingerprint density at radius 1 is 0.743 bits per heavy atom. The van der Waals surface area contributed by atoms with Crippen molar-refractivity contribution >= 4 is 63.9 Å². The highest BCUT2D eigenvalue weighted by Gasteiger charge is 2.28. The number of fused-ring (bicyclic) bond motifs is 1. The molecule has 0 heterocycles. The molecule has 3 aromatic carbocycles. The molecular formula is C17H15N5O10S3. The highest BCUT2D eigenvalue weighted by atomic mass is 32.2. The highest BCUT2D eigenvalue weighted by Crippen LogP contribution is 2.48. The predicted molar refractivity (Wildman–Crippen MR) is 121 cm³/mol. The Morgan fingerprint density at radius 2 is 1.26 bits per heavy atom. The van der Waals surface area contributed by atoms with E-state index in [9.17, 15) is 44.0 Å². The van der Waals surface area contributed by atoms with E-state index < -0.39 is 78.9 Å². The SMILES string of the molecule is CN=Nc1c(S(=O)(=O)O)cc2cc(S(=O)(=O)O)c(N=Nc3ccccc3S(=O)(=O)O)c(N)c2c1O. The number of nitrogens with two attached hydrogens (primary N) is 1. The second-order valence-corrected chi connectivity index (χ2v) is 10.9. The van der Waals surface area contributed by atoms with Crippen molar-refractivity contribution in [2.45, 2.75) is 14.7 Å². The maximum absolute atomic E-state index is 12.0. The van der Waals surface area contributed by atoms with E-state index in [0.29, 0.717) is 6.07 Å². The summed E-state index contributed by atoms with van der Waals surface area (Å²) in [5.74, 6) is -0.935. The number of azo groups is 2. The van der Waals surface area contributed by atoms with E-state index in [0.717, 1.165) is 25.2 Å².